The molecule has 0 bridgehead atoms. The van der Waals surface area contributed by atoms with Crippen molar-refractivity contribution in [2.75, 3.05) is 12.4 Å². The fraction of sp³-hybridized carbons (Fsp3) is 0.0476. The smallest absolute Gasteiger partial charge is 0.255 e. The molecule has 0 aliphatic rings. The van der Waals surface area contributed by atoms with E-state index in [-0.39, 0.29) is 5.91 Å². The number of methoxy groups -OCH3 is 1. The van der Waals surface area contributed by atoms with E-state index in [4.69, 9.17) is 32.4 Å². The molecule has 0 saturated carbocycles. The molecule has 4 rings (SSSR count). The highest BCUT2D eigenvalue weighted by atomic mass is 35.5. The zero-order valence-electron chi connectivity index (χ0n) is 14.7. The number of oxazole rings is 1. The van der Waals surface area contributed by atoms with Crippen molar-refractivity contribution in [1.82, 2.24) is 4.98 Å². The molecule has 0 aliphatic carbocycles. The Morgan fingerprint density at radius 3 is 2.68 bits per heavy atom. The van der Waals surface area contributed by atoms with Crippen molar-refractivity contribution in [2.45, 2.75) is 0 Å². The van der Waals surface area contributed by atoms with Crippen molar-refractivity contribution in [2.24, 2.45) is 0 Å². The number of fused-ring (bicyclic) bond motifs is 1. The molecule has 1 aromatic heterocycles. The molecule has 3 aromatic carbocycles. The highest BCUT2D eigenvalue weighted by Crippen LogP contribution is 2.31. The summed E-state index contributed by atoms with van der Waals surface area (Å²) in [6, 6.07) is 17.4. The van der Waals surface area contributed by atoms with Crippen LogP contribution < -0.4 is 10.1 Å². The lowest BCUT2D eigenvalue weighted by Crippen LogP contribution is -2.11. The van der Waals surface area contributed by atoms with Crippen LogP contribution in [0, 0.1) is 0 Å². The molecule has 0 radical (unpaired) electrons. The Kier molecular flexibility index (Phi) is 4.94. The van der Waals surface area contributed by atoms with Crippen molar-refractivity contribution < 1.29 is 13.9 Å². The van der Waals surface area contributed by atoms with Gasteiger partial charge in [-0.25, -0.2) is 4.98 Å². The SMILES string of the molecule is COc1cccc(C(=O)Nc2ccc3oc(-c4ccc(Cl)c(Cl)c4)nc3c2)c1. The summed E-state index contributed by atoms with van der Waals surface area (Å²) in [7, 11) is 1.56. The maximum Gasteiger partial charge on any atom is 0.255 e. The topological polar surface area (TPSA) is 64.4 Å². The molecule has 4 aromatic rings. The van der Waals surface area contributed by atoms with Gasteiger partial charge < -0.3 is 14.5 Å². The molecule has 7 heteroatoms. The number of nitrogens with one attached hydrogen (secondary N) is 1. The van der Waals surface area contributed by atoms with Gasteiger partial charge in [0.1, 0.15) is 11.3 Å². The van der Waals surface area contributed by atoms with Gasteiger partial charge in [-0.2, -0.15) is 0 Å². The van der Waals surface area contributed by atoms with Gasteiger partial charge in [-0.3, -0.25) is 4.79 Å². The monoisotopic (exact) mass is 412 g/mol. The number of hydrogen-bond donors (Lipinski definition) is 1. The number of aromatic nitrogens is 1. The van der Waals surface area contributed by atoms with Crippen LogP contribution in [0.15, 0.2) is 65.1 Å². The van der Waals surface area contributed by atoms with Crippen LogP contribution in [0.1, 0.15) is 10.4 Å². The number of carbonyl (C=O) groups excluding carboxylic acids is 1. The van der Waals surface area contributed by atoms with Gasteiger partial charge in [0.05, 0.1) is 17.2 Å². The molecule has 0 atom stereocenters. The first-order valence-electron chi connectivity index (χ1n) is 8.35. The van der Waals surface area contributed by atoms with Crippen LogP contribution in [-0.2, 0) is 0 Å². The second-order valence-corrected chi connectivity index (χ2v) is 6.83. The minimum atomic E-state index is -0.244. The Balaban J connectivity index is 1.60. The largest absolute Gasteiger partial charge is 0.497 e. The van der Waals surface area contributed by atoms with E-state index in [1.165, 1.54) is 0 Å². The van der Waals surface area contributed by atoms with E-state index < -0.39 is 0 Å². The Hall–Kier alpha value is -3.02. The quantitative estimate of drug-likeness (QED) is 0.442. The summed E-state index contributed by atoms with van der Waals surface area (Å²) in [4.78, 5) is 17.0. The summed E-state index contributed by atoms with van der Waals surface area (Å²) in [5, 5.41) is 3.74. The first kappa shape index (κ1) is 18.3. The number of ether oxygens (including phenoxy) is 1. The van der Waals surface area contributed by atoms with Crippen LogP contribution in [0.3, 0.4) is 0 Å². The lowest BCUT2D eigenvalue weighted by Gasteiger charge is -2.06. The molecule has 28 heavy (non-hydrogen) atoms. The normalized spacial score (nSPS) is 10.8. The third kappa shape index (κ3) is 3.67. The average molecular weight is 413 g/mol. The summed E-state index contributed by atoms with van der Waals surface area (Å²) >= 11 is 12.0. The van der Waals surface area contributed by atoms with Gasteiger partial charge >= 0.3 is 0 Å². The number of nitrogens with zero attached hydrogens (tertiary/aromatic N) is 1. The molecule has 0 saturated heterocycles. The molecular weight excluding hydrogens is 399 g/mol. The summed E-state index contributed by atoms with van der Waals surface area (Å²) in [5.74, 6) is 0.794. The third-order valence-electron chi connectivity index (χ3n) is 4.14. The fourth-order valence-electron chi connectivity index (χ4n) is 2.73. The number of benzene rings is 3. The van der Waals surface area contributed by atoms with Crippen LogP contribution >= 0.6 is 23.2 Å². The highest BCUT2D eigenvalue weighted by molar-refractivity contribution is 6.42. The van der Waals surface area contributed by atoms with Crippen molar-refractivity contribution in [3.63, 3.8) is 0 Å². The van der Waals surface area contributed by atoms with Crippen LogP contribution in [-0.4, -0.2) is 18.0 Å². The van der Waals surface area contributed by atoms with Gasteiger partial charge in [-0.05, 0) is 54.6 Å². The van der Waals surface area contributed by atoms with Crippen LogP contribution in [0.5, 0.6) is 5.75 Å². The van der Waals surface area contributed by atoms with Crippen molar-refractivity contribution in [1.29, 1.82) is 0 Å². The number of amides is 1. The number of anilines is 1. The number of rotatable bonds is 4. The van der Waals surface area contributed by atoms with Gasteiger partial charge in [-0.15, -0.1) is 0 Å². The van der Waals surface area contributed by atoms with Crippen molar-refractivity contribution in [3.8, 4) is 17.2 Å². The zero-order chi connectivity index (χ0) is 19.7. The number of carbonyl (C=O) groups is 1. The van der Waals surface area contributed by atoms with Gasteiger partial charge in [0, 0.05) is 16.8 Å². The Bertz CT molecular complexity index is 1190. The van der Waals surface area contributed by atoms with Crippen molar-refractivity contribution >= 4 is 45.9 Å². The van der Waals surface area contributed by atoms with Crippen molar-refractivity contribution in [3.05, 3.63) is 76.3 Å². The minimum Gasteiger partial charge on any atom is -0.497 e. The van der Waals surface area contributed by atoms with E-state index in [0.29, 0.717) is 49.6 Å². The van der Waals surface area contributed by atoms with Gasteiger partial charge in [0.25, 0.3) is 5.91 Å². The number of halogens is 2. The molecule has 1 N–H and O–H groups in total. The molecule has 1 heterocycles. The predicted octanol–water partition coefficient (Wildman–Crippen LogP) is 6.06. The second kappa shape index (κ2) is 7.54. The minimum absolute atomic E-state index is 0.244. The molecule has 5 nitrogen and oxygen atoms in total. The van der Waals surface area contributed by atoms with E-state index in [1.54, 1.807) is 67.8 Å². The lowest BCUT2D eigenvalue weighted by molar-refractivity contribution is 0.102. The van der Waals surface area contributed by atoms with E-state index in [2.05, 4.69) is 10.3 Å². The average Bonchev–Trinajstić information content (AvgIpc) is 3.13. The van der Waals surface area contributed by atoms with Gasteiger partial charge in [-0.1, -0.05) is 29.3 Å². The third-order valence-corrected chi connectivity index (χ3v) is 4.88. The predicted molar refractivity (Wildman–Crippen MR) is 110 cm³/mol. The fourth-order valence-corrected chi connectivity index (χ4v) is 3.02. The second-order valence-electron chi connectivity index (χ2n) is 6.02. The van der Waals surface area contributed by atoms with Crippen LogP contribution in [0.4, 0.5) is 5.69 Å². The Morgan fingerprint density at radius 2 is 1.89 bits per heavy atom. The highest BCUT2D eigenvalue weighted by Gasteiger charge is 2.12. The lowest BCUT2D eigenvalue weighted by atomic mass is 10.2. The van der Waals surface area contributed by atoms with Gasteiger partial charge in [0.2, 0.25) is 5.89 Å². The number of hydrogen-bond acceptors (Lipinski definition) is 4. The standard InChI is InChI=1S/C21H14Cl2N2O3/c1-27-15-4-2-3-12(9-15)20(26)24-14-6-8-19-18(11-14)25-21(28-19)13-5-7-16(22)17(23)10-13/h2-11H,1H3,(H,24,26). The summed E-state index contributed by atoms with van der Waals surface area (Å²) < 4.78 is 10.9. The maximum absolute atomic E-state index is 12.5. The van der Waals surface area contributed by atoms with E-state index in [0.717, 1.165) is 0 Å². The first-order valence-corrected chi connectivity index (χ1v) is 9.10. The molecule has 0 spiro atoms. The molecular formula is C21H14Cl2N2O3. The van der Waals surface area contributed by atoms with Crippen LogP contribution in [0.25, 0.3) is 22.6 Å². The van der Waals surface area contributed by atoms with Crippen LogP contribution in [0.2, 0.25) is 10.0 Å². The molecule has 0 fully saturated rings. The molecule has 0 aliphatic heterocycles. The Labute approximate surface area is 170 Å². The van der Waals surface area contributed by atoms with Gasteiger partial charge in [0.15, 0.2) is 5.58 Å². The molecule has 0 unspecified atom stereocenters. The van der Waals surface area contributed by atoms with E-state index in [9.17, 15) is 4.79 Å². The summed E-state index contributed by atoms with van der Waals surface area (Å²) in [5.41, 5.74) is 3.03. The first-order chi connectivity index (χ1) is 13.5. The summed E-state index contributed by atoms with van der Waals surface area (Å²) in [6.45, 7) is 0. The summed E-state index contributed by atoms with van der Waals surface area (Å²) in [6.07, 6.45) is 0. The maximum atomic E-state index is 12.5. The zero-order valence-corrected chi connectivity index (χ0v) is 16.2. The Morgan fingerprint density at radius 1 is 1.04 bits per heavy atom. The van der Waals surface area contributed by atoms with E-state index in [1.807, 2.05) is 0 Å². The van der Waals surface area contributed by atoms with E-state index >= 15 is 0 Å². The molecule has 140 valence electrons. The molecule has 1 amide bonds.